The highest BCUT2D eigenvalue weighted by atomic mass is 79.9. The van der Waals surface area contributed by atoms with Crippen LogP contribution in [0, 0.1) is 0 Å². The zero-order valence-corrected chi connectivity index (χ0v) is 17.4. The third-order valence-electron chi connectivity index (χ3n) is 3.52. The highest BCUT2D eigenvalue weighted by Gasteiger charge is 1.99. The second-order valence-electron chi connectivity index (χ2n) is 5.83. The highest BCUT2D eigenvalue weighted by Crippen LogP contribution is 2.05. The molecule has 11 heteroatoms. The van der Waals surface area contributed by atoms with Crippen LogP contribution in [0.25, 0.3) is 5.69 Å². The number of nitrogens with one attached hydrogen (secondary N) is 1. The van der Waals surface area contributed by atoms with Gasteiger partial charge in [-0.05, 0) is 34.1 Å². The number of H-pyrrole nitrogens is 1. The van der Waals surface area contributed by atoms with Crippen molar-refractivity contribution in [2.45, 2.75) is 0 Å². The van der Waals surface area contributed by atoms with Gasteiger partial charge in [0.25, 0.3) is 0 Å². The molecule has 0 spiro atoms. The Kier molecular flexibility index (Phi) is 7.54. The lowest BCUT2D eigenvalue weighted by molar-refractivity contribution is 0.813. The van der Waals surface area contributed by atoms with E-state index in [1.165, 1.54) is 21.3 Å². The fourth-order valence-electron chi connectivity index (χ4n) is 2.02. The molecule has 10 nitrogen and oxygen atoms in total. The molecule has 0 aliphatic rings. The number of pyridine rings is 2. The van der Waals surface area contributed by atoms with Gasteiger partial charge in [-0.15, -0.1) is 0 Å². The van der Waals surface area contributed by atoms with Crippen LogP contribution in [0.3, 0.4) is 0 Å². The minimum absolute atomic E-state index is 0.0122. The number of hydrogen-bond donors (Lipinski definition) is 3. The molecule has 0 atom stereocenters. The Hall–Kier alpha value is -3.60. The molecule has 5 N–H and O–H groups in total. The van der Waals surface area contributed by atoms with Crippen molar-refractivity contribution in [3.63, 3.8) is 0 Å². The van der Waals surface area contributed by atoms with Crippen LogP contribution in [0.5, 0.6) is 0 Å². The summed E-state index contributed by atoms with van der Waals surface area (Å²) in [7, 11) is 3.41. The van der Waals surface area contributed by atoms with E-state index in [2.05, 4.69) is 31.2 Å². The number of halogens is 1. The van der Waals surface area contributed by atoms with Crippen molar-refractivity contribution in [1.82, 2.24) is 29.1 Å². The summed E-state index contributed by atoms with van der Waals surface area (Å²) in [5.41, 5.74) is 11.4. The Labute approximate surface area is 174 Å². The highest BCUT2D eigenvalue weighted by molar-refractivity contribution is 9.10. The molecular weight excluding hydrogens is 440 g/mol. The van der Waals surface area contributed by atoms with E-state index in [9.17, 15) is 9.59 Å². The van der Waals surface area contributed by atoms with Crippen LogP contribution in [0.4, 0.5) is 11.6 Å². The first-order chi connectivity index (χ1) is 13.8. The molecule has 0 saturated carbocycles. The largest absolute Gasteiger partial charge is 0.384 e. The lowest BCUT2D eigenvalue weighted by atomic mass is 10.4. The summed E-state index contributed by atoms with van der Waals surface area (Å²) in [4.78, 5) is 21.8. The summed E-state index contributed by atoms with van der Waals surface area (Å²) < 4.78 is 5.55. The topological polar surface area (TPSA) is 143 Å². The molecule has 0 saturated heterocycles. The third-order valence-corrected chi connectivity index (χ3v) is 3.99. The fourth-order valence-corrected chi connectivity index (χ4v) is 2.46. The molecule has 0 aromatic carbocycles. The van der Waals surface area contributed by atoms with Gasteiger partial charge in [0.15, 0.2) is 0 Å². The number of nitrogens with zero attached hydrogens (tertiary/aromatic N) is 5. The molecule has 4 heterocycles. The van der Waals surface area contributed by atoms with Crippen molar-refractivity contribution < 1.29 is 0 Å². The van der Waals surface area contributed by atoms with Gasteiger partial charge in [-0.25, -0.2) is 4.68 Å². The maximum atomic E-state index is 11.1. The second-order valence-corrected chi connectivity index (χ2v) is 6.75. The Morgan fingerprint density at radius 3 is 2.00 bits per heavy atom. The van der Waals surface area contributed by atoms with Gasteiger partial charge in [-0.2, -0.15) is 10.2 Å². The molecule has 0 unspecified atom stereocenters. The van der Waals surface area contributed by atoms with Crippen LogP contribution in [0.2, 0.25) is 0 Å². The molecule has 4 aromatic heterocycles. The van der Waals surface area contributed by atoms with Gasteiger partial charge in [-0.3, -0.25) is 14.7 Å². The standard InChI is InChI=1S/C9H10N4O.C6H6BrNO.C3H5N3/c1-12-6-7(2-3-9(12)14)13-5-4-8(10)11-13;1-8-4-5(7)2-3-6(8)9;4-3-1-2-5-6-3/h2-6H,1H3,(H2,10,11);2-4H,1H3;1-2H,(H3,4,5,6). The number of nitrogen functional groups attached to an aromatic ring is 2. The van der Waals surface area contributed by atoms with Crippen molar-refractivity contribution in [2.24, 2.45) is 14.1 Å². The molecule has 0 radical (unpaired) electrons. The van der Waals surface area contributed by atoms with Gasteiger partial charge in [0.2, 0.25) is 11.1 Å². The van der Waals surface area contributed by atoms with Gasteiger partial charge in [0, 0.05) is 55.4 Å². The summed E-state index contributed by atoms with van der Waals surface area (Å²) in [5.74, 6) is 1.06. The molecule has 4 aromatic rings. The molecule has 0 amide bonds. The van der Waals surface area contributed by atoms with Gasteiger partial charge in [0.1, 0.15) is 11.6 Å². The van der Waals surface area contributed by atoms with E-state index in [4.69, 9.17) is 11.5 Å². The van der Waals surface area contributed by atoms with Crippen molar-refractivity contribution in [1.29, 1.82) is 0 Å². The smallest absolute Gasteiger partial charge is 0.250 e. The summed E-state index contributed by atoms with van der Waals surface area (Å²) in [5, 5.41) is 10.1. The molecule has 152 valence electrons. The Bertz CT molecular complexity index is 1160. The number of anilines is 2. The third kappa shape index (κ3) is 6.81. The molecular formula is C18H21BrN8O2. The minimum Gasteiger partial charge on any atom is -0.384 e. The quantitative estimate of drug-likeness (QED) is 0.390. The Morgan fingerprint density at radius 1 is 0.931 bits per heavy atom. The van der Waals surface area contributed by atoms with E-state index >= 15 is 0 Å². The van der Waals surface area contributed by atoms with E-state index in [0.29, 0.717) is 11.6 Å². The average molecular weight is 461 g/mol. The fraction of sp³-hybridized carbons (Fsp3) is 0.111. The SMILES string of the molecule is Cn1cc(-n2ccc(N)n2)ccc1=O.Cn1cc(Br)ccc1=O.Nc1ccn[nH]1. The molecule has 0 aliphatic heterocycles. The lowest BCUT2D eigenvalue weighted by Crippen LogP contribution is -2.15. The molecule has 29 heavy (non-hydrogen) atoms. The lowest BCUT2D eigenvalue weighted by Gasteiger charge is -2.02. The number of hydrogen-bond acceptors (Lipinski definition) is 6. The second kappa shape index (κ2) is 10.1. The molecule has 0 bridgehead atoms. The normalized spacial score (nSPS) is 9.76. The zero-order chi connectivity index (χ0) is 21.4. The number of rotatable bonds is 1. The van der Waals surface area contributed by atoms with Crippen LogP contribution in [-0.4, -0.2) is 29.1 Å². The summed E-state index contributed by atoms with van der Waals surface area (Å²) >= 11 is 3.24. The van der Waals surface area contributed by atoms with Crippen molar-refractivity contribution >= 4 is 27.6 Å². The van der Waals surface area contributed by atoms with Crippen LogP contribution < -0.4 is 22.6 Å². The average Bonchev–Trinajstić information content (AvgIpc) is 3.33. The van der Waals surface area contributed by atoms with Crippen molar-refractivity contribution in [3.05, 3.63) is 86.4 Å². The minimum atomic E-state index is -0.0473. The van der Waals surface area contributed by atoms with E-state index < -0.39 is 0 Å². The molecule has 0 aliphatic carbocycles. The van der Waals surface area contributed by atoms with Crippen molar-refractivity contribution in [2.75, 3.05) is 11.5 Å². The maximum absolute atomic E-state index is 11.1. The maximum Gasteiger partial charge on any atom is 0.250 e. The molecule has 0 fully saturated rings. The van der Waals surface area contributed by atoms with Crippen LogP contribution >= 0.6 is 15.9 Å². The summed E-state index contributed by atoms with van der Waals surface area (Å²) in [6, 6.07) is 9.83. The van der Waals surface area contributed by atoms with Crippen LogP contribution in [0.1, 0.15) is 0 Å². The number of aryl methyl sites for hydroxylation is 2. The Morgan fingerprint density at radius 2 is 1.59 bits per heavy atom. The first kappa shape index (κ1) is 21.7. The van der Waals surface area contributed by atoms with Gasteiger partial charge in [-0.1, -0.05) is 0 Å². The Balaban J connectivity index is 0.000000171. The number of aromatic amines is 1. The monoisotopic (exact) mass is 460 g/mol. The van der Waals surface area contributed by atoms with Gasteiger partial charge in [0.05, 0.1) is 11.9 Å². The zero-order valence-electron chi connectivity index (χ0n) is 15.9. The number of aromatic nitrogens is 6. The van der Waals surface area contributed by atoms with E-state index in [-0.39, 0.29) is 11.1 Å². The van der Waals surface area contributed by atoms with E-state index in [0.717, 1.165) is 10.2 Å². The first-order valence-electron chi connectivity index (χ1n) is 8.31. The molecule has 4 rings (SSSR count). The summed E-state index contributed by atoms with van der Waals surface area (Å²) in [6.45, 7) is 0. The van der Waals surface area contributed by atoms with Crippen LogP contribution in [-0.2, 0) is 14.1 Å². The van der Waals surface area contributed by atoms with Gasteiger partial charge < -0.3 is 20.6 Å². The predicted octanol–water partition coefficient (Wildman–Crippen LogP) is 1.29. The van der Waals surface area contributed by atoms with Gasteiger partial charge >= 0.3 is 0 Å². The van der Waals surface area contributed by atoms with E-state index in [1.807, 2.05) is 0 Å². The van der Waals surface area contributed by atoms with Crippen molar-refractivity contribution in [3.8, 4) is 5.69 Å². The van der Waals surface area contributed by atoms with Crippen LogP contribution in [0.15, 0.2) is 75.2 Å². The predicted molar refractivity (Wildman–Crippen MR) is 116 cm³/mol. The summed E-state index contributed by atoms with van der Waals surface area (Å²) in [6.07, 6.45) is 6.78. The first-order valence-corrected chi connectivity index (χ1v) is 9.11. The van der Waals surface area contributed by atoms with E-state index in [1.54, 1.807) is 67.8 Å². The number of nitrogens with two attached hydrogens (primary N) is 2.